The Hall–Kier alpha value is -2.41. The van der Waals surface area contributed by atoms with Gasteiger partial charge in [0.25, 0.3) is 0 Å². The average Bonchev–Trinajstić information content (AvgIpc) is 2.87. The summed E-state index contributed by atoms with van der Waals surface area (Å²) in [5.74, 6) is -0.723. The van der Waals surface area contributed by atoms with E-state index in [-0.39, 0.29) is 16.9 Å². The molecule has 0 bridgehead atoms. The fourth-order valence-electron chi connectivity index (χ4n) is 3.18. The van der Waals surface area contributed by atoms with E-state index in [2.05, 4.69) is 15.1 Å². The van der Waals surface area contributed by atoms with Gasteiger partial charge in [0.05, 0.1) is 0 Å². The molecule has 1 aromatic heterocycles. The van der Waals surface area contributed by atoms with Crippen LogP contribution >= 0.6 is 12.2 Å². The van der Waals surface area contributed by atoms with Crippen molar-refractivity contribution in [1.29, 1.82) is 0 Å². The van der Waals surface area contributed by atoms with Crippen LogP contribution in [0.2, 0.25) is 0 Å². The van der Waals surface area contributed by atoms with Crippen molar-refractivity contribution in [2.24, 2.45) is 16.0 Å². The number of aliphatic imine (C=N–C) groups is 1. The predicted octanol–water partition coefficient (Wildman–Crippen LogP) is 2.70. The van der Waals surface area contributed by atoms with E-state index in [4.69, 9.17) is 12.2 Å². The van der Waals surface area contributed by atoms with Crippen molar-refractivity contribution in [3.63, 3.8) is 0 Å². The number of allylic oxidation sites excluding steroid dienone is 3. The lowest BCUT2D eigenvalue weighted by atomic mass is 9.96. The predicted molar refractivity (Wildman–Crippen MR) is 88.3 cm³/mol. The third-order valence-electron chi connectivity index (χ3n) is 4.33. The summed E-state index contributed by atoms with van der Waals surface area (Å²) in [6, 6.07) is 0. The number of H-pyrrole nitrogens is 1. The van der Waals surface area contributed by atoms with Crippen molar-refractivity contribution >= 4 is 34.6 Å². The molecule has 0 aromatic carbocycles. The Labute approximate surface area is 137 Å². The molecule has 4 rings (SSSR count). The summed E-state index contributed by atoms with van der Waals surface area (Å²) in [5, 5.41) is 14.6. The van der Waals surface area contributed by atoms with Gasteiger partial charge in [-0.05, 0) is 41.4 Å². The van der Waals surface area contributed by atoms with E-state index in [1.165, 1.54) is 0 Å². The van der Waals surface area contributed by atoms with Gasteiger partial charge in [-0.3, -0.25) is 0 Å². The number of nitrogens with zero attached hydrogens (tertiary/aromatic N) is 3. The lowest BCUT2D eigenvalue weighted by Crippen LogP contribution is -2.39. The Bertz CT molecular complexity index is 845. The van der Waals surface area contributed by atoms with Gasteiger partial charge in [0, 0.05) is 23.5 Å². The van der Waals surface area contributed by atoms with Gasteiger partial charge in [0.15, 0.2) is 11.4 Å². The maximum atomic E-state index is 12.7. The van der Waals surface area contributed by atoms with Gasteiger partial charge >= 0.3 is 11.0 Å². The molecule has 1 aromatic rings. The number of hydrogen-bond acceptors (Lipinski definition) is 4. The zero-order chi connectivity index (χ0) is 16.0. The second-order valence-corrected chi connectivity index (χ2v) is 6.14. The minimum Gasteiger partial charge on any atom is -0.493 e. The summed E-state index contributed by atoms with van der Waals surface area (Å²) < 4.78 is 1.13. The first kappa shape index (κ1) is 14.2. The first-order valence-corrected chi connectivity index (χ1v) is 8.01. The number of aryl methyl sites for hydroxylation is 1. The summed E-state index contributed by atoms with van der Waals surface area (Å²) in [5.41, 5.74) is 3.00. The van der Waals surface area contributed by atoms with Gasteiger partial charge < -0.3 is 10.1 Å². The van der Waals surface area contributed by atoms with E-state index in [0.29, 0.717) is 11.4 Å². The quantitative estimate of drug-likeness (QED) is 0.615. The number of aromatic nitrogens is 1. The van der Waals surface area contributed by atoms with Crippen molar-refractivity contribution in [1.82, 2.24) is 4.98 Å². The van der Waals surface area contributed by atoms with Crippen LogP contribution in [0.5, 0.6) is 5.88 Å². The molecule has 116 valence electrons. The van der Waals surface area contributed by atoms with Crippen LogP contribution < -0.4 is 0 Å². The highest BCUT2D eigenvalue weighted by Gasteiger charge is 2.41. The Morgan fingerprint density at radius 2 is 2.17 bits per heavy atom. The molecule has 0 spiro atoms. The number of hydrogen-bond donors (Lipinski definition) is 2. The van der Waals surface area contributed by atoms with Crippen LogP contribution in [0.3, 0.4) is 0 Å². The van der Waals surface area contributed by atoms with E-state index in [1.807, 2.05) is 12.2 Å². The summed E-state index contributed by atoms with van der Waals surface area (Å²) in [6.45, 7) is 0. The van der Waals surface area contributed by atoms with Crippen molar-refractivity contribution in [3.8, 4) is 5.88 Å². The van der Waals surface area contributed by atoms with Crippen LogP contribution in [0.15, 0.2) is 34.4 Å². The molecule has 23 heavy (non-hydrogen) atoms. The number of aromatic hydroxyl groups is 1. The molecular formula is C16H15N4O2S+. The highest BCUT2D eigenvalue weighted by Crippen LogP contribution is 2.37. The third kappa shape index (κ3) is 2.28. The number of rotatable bonds is 1. The summed E-state index contributed by atoms with van der Waals surface area (Å²) in [7, 11) is 0. The van der Waals surface area contributed by atoms with Crippen LogP contribution in [-0.4, -0.2) is 31.5 Å². The number of fused-ring (bicyclic) bond motifs is 2. The third-order valence-corrected chi connectivity index (χ3v) is 4.59. The van der Waals surface area contributed by atoms with Crippen LogP contribution in [0.25, 0.3) is 0 Å². The number of thiocarbonyl (C=S) groups is 1. The molecule has 7 heteroatoms. The Morgan fingerprint density at radius 3 is 3.04 bits per heavy atom. The van der Waals surface area contributed by atoms with Crippen molar-refractivity contribution in [3.05, 3.63) is 35.6 Å². The second kappa shape index (κ2) is 5.34. The first-order valence-electron chi connectivity index (χ1n) is 7.61. The molecule has 0 saturated heterocycles. The average molecular weight is 327 g/mol. The highest BCUT2D eigenvalue weighted by atomic mass is 32.1. The lowest BCUT2D eigenvalue weighted by Gasteiger charge is -2.14. The molecule has 0 fully saturated rings. The normalized spacial score (nSPS) is 24.6. The molecule has 6 nitrogen and oxygen atoms in total. The Morgan fingerprint density at radius 1 is 1.35 bits per heavy atom. The smallest absolute Gasteiger partial charge is 0.421 e. The number of aromatic amines is 1. The monoisotopic (exact) mass is 327 g/mol. The number of carbonyl (C=O) groups excluding carboxylic acids is 1. The zero-order valence-electron chi connectivity index (χ0n) is 12.3. The van der Waals surface area contributed by atoms with Gasteiger partial charge in [-0.25, -0.2) is 4.79 Å². The molecule has 2 N–H and O–H groups in total. The SMILES string of the molecule is O=C1C2C=CC=CC2=NC(=S)[N+]1=Nc1c(O)[nH]c2c1CCCC2. The van der Waals surface area contributed by atoms with Gasteiger partial charge in [0.1, 0.15) is 5.92 Å². The van der Waals surface area contributed by atoms with Crippen LogP contribution in [0, 0.1) is 5.92 Å². The number of azo groups is 2. The molecule has 3 aliphatic rings. The van der Waals surface area contributed by atoms with Gasteiger partial charge in [-0.1, -0.05) is 23.3 Å². The van der Waals surface area contributed by atoms with E-state index in [0.717, 1.165) is 41.6 Å². The lowest BCUT2D eigenvalue weighted by molar-refractivity contribution is -0.402. The van der Waals surface area contributed by atoms with Crippen LogP contribution in [-0.2, 0) is 17.6 Å². The van der Waals surface area contributed by atoms with Crippen LogP contribution in [0.4, 0.5) is 5.69 Å². The Kier molecular flexibility index (Phi) is 3.30. The summed E-state index contributed by atoms with van der Waals surface area (Å²) in [6.07, 6.45) is 11.0. The summed E-state index contributed by atoms with van der Waals surface area (Å²) in [4.78, 5) is 19.9. The fraction of sp³-hybridized carbons (Fsp3) is 0.312. The van der Waals surface area contributed by atoms with Crippen molar-refractivity contribution in [2.75, 3.05) is 0 Å². The van der Waals surface area contributed by atoms with E-state index in [9.17, 15) is 9.90 Å². The maximum absolute atomic E-state index is 12.7. The minimum absolute atomic E-state index is 0.0126. The second-order valence-electron chi connectivity index (χ2n) is 5.78. The van der Waals surface area contributed by atoms with Crippen molar-refractivity contribution < 1.29 is 14.6 Å². The Balaban J connectivity index is 1.80. The van der Waals surface area contributed by atoms with Gasteiger partial charge in [-0.15, -0.1) is 0 Å². The first-order chi connectivity index (χ1) is 11.1. The number of carbonyl (C=O) groups is 1. The molecular weight excluding hydrogens is 312 g/mol. The standard InChI is InChI=1S/C16H14N4O2S/c21-14-13(9-5-1-3-7-11(9)17-14)19-20-15(22)10-6-2-4-8-12(10)18-16(20)23/h2,4,6,8,10H,1,3,5,7H2,(H,17,19,21)/p+1. The highest BCUT2D eigenvalue weighted by molar-refractivity contribution is 7.80. The number of amides is 1. The molecule has 0 radical (unpaired) electrons. The van der Waals surface area contributed by atoms with E-state index in [1.54, 1.807) is 12.2 Å². The molecule has 0 saturated carbocycles. The molecule has 2 heterocycles. The molecule has 1 aliphatic heterocycles. The molecule has 1 amide bonds. The van der Waals surface area contributed by atoms with Gasteiger partial charge in [0.2, 0.25) is 5.88 Å². The maximum Gasteiger partial charge on any atom is 0.421 e. The minimum atomic E-state index is -0.465. The summed E-state index contributed by atoms with van der Waals surface area (Å²) >= 11 is 5.22. The van der Waals surface area contributed by atoms with Crippen LogP contribution in [0.1, 0.15) is 24.1 Å². The molecule has 1 unspecified atom stereocenters. The van der Waals surface area contributed by atoms with Crippen molar-refractivity contribution in [2.45, 2.75) is 25.7 Å². The zero-order valence-corrected chi connectivity index (χ0v) is 13.1. The van der Waals surface area contributed by atoms with Gasteiger partial charge in [-0.2, -0.15) is 0 Å². The fourth-order valence-corrected chi connectivity index (χ4v) is 3.42. The molecule has 1 atom stereocenters. The van der Waals surface area contributed by atoms with E-state index >= 15 is 0 Å². The molecule has 2 aliphatic carbocycles. The van der Waals surface area contributed by atoms with E-state index < -0.39 is 5.92 Å². The number of nitrogens with one attached hydrogen (secondary N) is 1. The topological polar surface area (TPSA) is 80.8 Å². The largest absolute Gasteiger partial charge is 0.493 e.